The van der Waals surface area contributed by atoms with Crippen LogP contribution < -0.4 is 9.80 Å². The van der Waals surface area contributed by atoms with Crippen molar-refractivity contribution >= 4 is 34.1 Å². The predicted octanol–water partition coefficient (Wildman–Crippen LogP) is 16.4. The highest BCUT2D eigenvalue weighted by atomic mass is 15.1. The maximum atomic E-state index is 2.39. The molecule has 0 aliphatic heterocycles. The molecule has 0 bridgehead atoms. The van der Waals surface area contributed by atoms with Gasteiger partial charge < -0.3 is 9.80 Å². The third kappa shape index (κ3) is 9.47. The molecule has 56 heavy (non-hydrogen) atoms. The summed E-state index contributed by atoms with van der Waals surface area (Å²) in [5.74, 6) is 0. The lowest BCUT2D eigenvalue weighted by Gasteiger charge is -2.28. The summed E-state index contributed by atoms with van der Waals surface area (Å²) in [7, 11) is 0. The van der Waals surface area contributed by atoms with Crippen molar-refractivity contribution in [2.24, 2.45) is 0 Å². The van der Waals surface area contributed by atoms with E-state index in [4.69, 9.17) is 0 Å². The average molecular weight is 741 g/mol. The molecule has 290 valence electrons. The molecule has 6 aromatic rings. The highest BCUT2D eigenvalue weighted by molar-refractivity contribution is 5.81. The zero-order valence-electron chi connectivity index (χ0n) is 35.4. The van der Waals surface area contributed by atoms with Crippen molar-refractivity contribution in [3.63, 3.8) is 0 Å². The van der Waals surface area contributed by atoms with Gasteiger partial charge in [0.05, 0.1) is 0 Å². The van der Waals surface area contributed by atoms with E-state index in [2.05, 4.69) is 211 Å². The van der Waals surface area contributed by atoms with Crippen LogP contribution in [0.15, 0.2) is 146 Å². The average Bonchev–Trinajstić information content (AvgIpc) is 3.24. The molecular weight excluding hydrogens is 677 g/mol. The Morgan fingerprint density at radius 3 is 0.839 bits per heavy atom. The van der Waals surface area contributed by atoms with Gasteiger partial charge in [-0.25, -0.2) is 0 Å². The van der Waals surface area contributed by atoms with Crippen molar-refractivity contribution in [1.29, 1.82) is 0 Å². The van der Waals surface area contributed by atoms with Crippen LogP contribution in [0.2, 0.25) is 0 Å². The maximum absolute atomic E-state index is 2.39. The summed E-state index contributed by atoms with van der Waals surface area (Å²) in [6.07, 6.45) is 9.30. The van der Waals surface area contributed by atoms with Gasteiger partial charge in [0, 0.05) is 34.1 Å². The highest BCUT2D eigenvalue weighted by Crippen LogP contribution is 2.40. The molecule has 0 saturated heterocycles. The van der Waals surface area contributed by atoms with E-state index in [0.29, 0.717) is 0 Å². The molecule has 0 aromatic heterocycles. The molecule has 2 heteroatoms. The Morgan fingerprint density at radius 2 is 0.589 bits per heavy atom. The van der Waals surface area contributed by atoms with E-state index in [-0.39, 0.29) is 10.8 Å². The minimum Gasteiger partial charge on any atom is -0.311 e. The van der Waals surface area contributed by atoms with Crippen LogP contribution in [0.3, 0.4) is 0 Å². The van der Waals surface area contributed by atoms with E-state index in [1.165, 1.54) is 81.8 Å². The second kappa shape index (κ2) is 18.2. The molecule has 0 spiro atoms. The molecule has 0 unspecified atom stereocenters. The molecule has 0 aliphatic carbocycles. The first-order chi connectivity index (χ1) is 27.1. The normalized spacial score (nSPS) is 11.8. The Kier molecular flexibility index (Phi) is 13.2. The summed E-state index contributed by atoms with van der Waals surface area (Å²) in [6.45, 7) is 18.4. The Bertz CT molecular complexity index is 1930. The Labute approximate surface area is 339 Å². The van der Waals surface area contributed by atoms with Crippen molar-refractivity contribution in [2.45, 2.75) is 118 Å². The fourth-order valence-electron chi connectivity index (χ4n) is 7.42. The molecule has 0 aliphatic rings. The lowest BCUT2D eigenvalue weighted by molar-refractivity contribution is 0.506. The van der Waals surface area contributed by atoms with Crippen molar-refractivity contribution in [3.8, 4) is 11.1 Å². The molecule has 0 N–H and O–H groups in total. The van der Waals surface area contributed by atoms with Crippen molar-refractivity contribution in [1.82, 2.24) is 0 Å². The molecule has 0 heterocycles. The van der Waals surface area contributed by atoms with E-state index >= 15 is 0 Å². The van der Waals surface area contributed by atoms with Crippen LogP contribution in [0.4, 0.5) is 34.1 Å². The van der Waals surface area contributed by atoms with E-state index in [1.54, 1.807) is 0 Å². The third-order valence-electron chi connectivity index (χ3n) is 12.2. The number of rotatable bonds is 17. The van der Waals surface area contributed by atoms with Gasteiger partial charge in [-0.1, -0.05) is 141 Å². The van der Waals surface area contributed by atoms with Gasteiger partial charge in [0.15, 0.2) is 0 Å². The van der Waals surface area contributed by atoms with Gasteiger partial charge in [-0.3, -0.25) is 0 Å². The Hall–Kier alpha value is -5.08. The highest BCUT2D eigenvalue weighted by Gasteiger charge is 2.21. The van der Waals surface area contributed by atoms with E-state index in [0.717, 1.165) is 37.1 Å². The lowest BCUT2D eigenvalue weighted by Crippen LogP contribution is -2.16. The monoisotopic (exact) mass is 741 g/mol. The molecule has 0 saturated carbocycles. The minimum atomic E-state index is 0.147. The fourth-order valence-corrected chi connectivity index (χ4v) is 7.42. The van der Waals surface area contributed by atoms with Crippen LogP contribution in [-0.2, 0) is 23.7 Å². The number of aryl methyl sites for hydroxylation is 2. The van der Waals surface area contributed by atoms with Gasteiger partial charge in [0.1, 0.15) is 0 Å². The fraction of sp³-hybridized carbons (Fsp3) is 0.333. The zero-order valence-corrected chi connectivity index (χ0v) is 35.4. The lowest BCUT2D eigenvalue weighted by atomic mass is 9.82. The standard InChI is InChI=1S/C54H64N2/c1-9-13-15-41-17-29-47(30-18-41)55(51-37-25-45(26-38-51)53(5,6)11-3)49-33-21-43(22-34-49)44-23-35-50(36-24-44)56(48-31-19-42(20-32-48)16-14-10-2)52-39-27-46(28-40-52)54(7,8)12-4/h17-40H,9-16H2,1-8H3. The summed E-state index contributed by atoms with van der Waals surface area (Å²) in [6, 6.07) is 54.8. The van der Waals surface area contributed by atoms with Gasteiger partial charge >= 0.3 is 0 Å². The number of nitrogens with zero attached hydrogens (tertiary/aromatic N) is 2. The van der Waals surface area contributed by atoms with Crippen molar-refractivity contribution in [2.75, 3.05) is 9.80 Å². The van der Waals surface area contributed by atoms with Crippen molar-refractivity contribution in [3.05, 3.63) is 168 Å². The SMILES string of the molecule is CCCCc1ccc(N(c2ccc(-c3ccc(N(c4ccc(CCCC)cc4)c4ccc(C(C)(C)CC)cc4)cc3)cc2)c2ccc(C(C)(C)CC)cc2)cc1. The number of benzene rings is 6. The first kappa shape index (κ1) is 40.6. The summed E-state index contributed by atoms with van der Waals surface area (Å²) in [5.41, 5.74) is 15.2. The van der Waals surface area contributed by atoms with Crippen LogP contribution in [0.1, 0.15) is 116 Å². The topological polar surface area (TPSA) is 6.48 Å². The molecule has 0 amide bonds. The summed E-state index contributed by atoms with van der Waals surface area (Å²) < 4.78 is 0. The van der Waals surface area contributed by atoms with E-state index < -0.39 is 0 Å². The second-order valence-electron chi connectivity index (χ2n) is 16.9. The first-order valence-corrected chi connectivity index (χ1v) is 21.3. The van der Waals surface area contributed by atoms with Gasteiger partial charge in [-0.05, 0) is 156 Å². The van der Waals surface area contributed by atoms with E-state index in [9.17, 15) is 0 Å². The quantitative estimate of drug-likeness (QED) is 0.0919. The van der Waals surface area contributed by atoms with Crippen LogP contribution >= 0.6 is 0 Å². The number of anilines is 6. The van der Waals surface area contributed by atoms with Gasteiger partial charge in [0.25, 0.3) is 0 Å². The molecule has 0 atom stereocenters. The van der Waals surface area contributed by atoms with Crippen molar-refractivity contribution < 1.29 is 0 Å². The third-order valence-corrected chi connectivity index (χ3v) is 12.2. The predicted molar refractivity (Wildman–Crippen MR) is 245 cm³/mol. The molecular formula is C54H64N2. The van der Waals surface area contributed by atoms with Gasteiger partial charge in [-0.2, -0.15) is 0 Å². The summed E-state index contributed by atoms with van der Waals surface area (Å²) in [4.78, 5) is 4.77. The Morgan fingerprint density at radius 1 is 0.339 bits per heavy atom. The summed E-state index contributed by atoms with van der Waals surface area (Å²) >= 11 is 0. The largest absolute Gasteiger partial charge is 0.311 e. The number of unbranched alkanes of at least 4 members (excludes halogenated alkanes) is 2. The van der Waals surface area contributed by atoms with E-state index in [1.807, 2.05) is 0 Å². The molecule has 0 radical (unpaired) electrons. The first-order valence-electron chi connectivity index (χ1n) is 21.3. The van der Waals surface area contributed by atoms with Crippen LogP contribution in [-0.4, -0.2) is 0 Å². The van der Waals surface area contributed by atoms with Crippen LogP contribution in [0, 0.1) is 0 Å². The summed E-state index contributed by atoms with van der Waals surface area (Å²) in [5, 5.41) is 0. The molecule has 6 rings (SSSR count). The second-order valence-corrected chi connectivity index (χ2v) is 16.9. The van der Waals surface area contributed by atoms with Gasteiger partial charge in [-0.15, -0.1) is 0 Å². The van der Waals surface area contributed by atoms with Gasteiger partial charge in [0.2, 0.25) is 0 Å². The number of hydrogen-bond donors (Lipinski definition) is 0. The van der Waals surface area contributed by atoms with Crippen LogP contribution in [0.5, 0.6) is 0 Å². The maximum Gasteiger partial charge on any atom is 0.0462 e. The molecule has 0 fully saturated rings. The number of hydrogen-bond acceptors (Lipinski definition) is 2. The molecule has 6 aromatic carbocycles. The van der Waals surface area contributed by atoms with Crippen LogP contribution in [0.25, 0.3) is 11.1 Å². The molecule has 2 nitrogen and oxygen atoms in total. The zero-order chi connectivity index (χ0) is 39.7. The smallest absolute Gasteiger partial charge is 0.0462 e. The Balaban J connectivity index is 1.31. The minimum absolute atomic E-state index is 0.147.